The number of benzene rings is 2. The molecular formula is C23H15FN4O2S. The second-order valence-electron chi connectivity index (χ2n) is 6.84. The SMILES string of the molecule is O=S(=O)(c1ccccc1)c1ccc(-c2c(-c3ccc(F)cc3)nn3ccncc23)cn1. The quantitative estimate of drug-likeness (QED) is 0.422. The van der Waals surface area contributed by atoms with Gasteiger partial charge in [-0.15, -0.1) is 0 Å². The van der Waals surface area contributed by atoms with Crippen LogP contribution in [-0.2, 0) is 9.84 Å². The second kappa shape index (κ2) is 7.41. The Morgan fingerprint density at radius 3 is 2.29 bits per heavy atom. The average Bonchev–Trinajstić information content (AvgIpc) is 3.20. The van der Waals surface area contributed by atoms with Gasteiger partial charge in [-0.2, -0.15) is 5.10 Å². The van der Waals surface area contributed by atoms with E-state index in [1.54, 1.807) is 59.5 Å². The minimum atomic E-state index is -3.72. The van der Waals surface area contributed by atoms with Crippen LogP contribution in [0.3, 0.4) is 0 Å². The molecule has 0 bridgehead atoms. The summed E-state index contributed by atoms with van der Waals surface area (Å²) in [6, 6.07) is 17.4. The molecule has 0 N–H and O–H groups in total. The summed E-state index contributed by atoms with van der Waals surface area (Å²) in [5.41, 5.74) is 3.47. The number of hydrogen-bond donors (Lipinski definition) is 0. The van der Waals surface area contributed by atoms with Gasteiger partial charge in [0.25, 0.3) is 0 Å². The van der Waals surface area contributed by atoms with Crippen LogP contribution in [0, 0.1) is 5.82 Å². The topological polar surface area (TPSA) is 77.2 Å². The molecule has 152 valence electrons. The Hall–Kier alpha value is -3.91. The van der Waals surface area contributed by atoms with Crippen molar-refractivity contribution in [1.82, 2.24) is 19.6 Å². The Bertz CT molecular complexity index is 1480. The molecule has 5 aromatic rings. The zero-order valence-electron chi connectivity index (χ0n) is 16.1. The van der Waals surface area contributed by atoms with E-state index in [4.69, 9.17) is 0 Å². The minimum absolute atomic E-state index is 0.0413. The Morgan fingerprint density at radius 1 is 0.839 bits per heavy atom. The Balaban J connectivity index is 1.65. The number of halogens is 1. The number of rotatable bonds is 4. The zero-order valence-corrected chi connectivity index (χ0v) is 16.9. The summed E-state index contributed by atoms with van der Waals surface area (Å²) in [6.45, 7) is 0. The van der Waals surface area contributed by atoms with Gasteiger partial charge in [0.2, 0.25) is 9.84 Å². The van der Waals surface area contributed by atoms with Gasteiger partial charge in [-0.05, 0) is 48.5 Å². The maximum absolute atomic E-state index is 13.4. The van der Waals surface area contributed by atoms with Gasteiger partial charge in [-0.3, -0.25) is 4.98 Å². The van der Waals surface area contributed by atoms with Crippen molar-refractivity contribution in [2.75, 3.05) is 0 Å². The molecule has 0 fully saturated rings. The van der Waals surface area contributed by atoms with E-state index in [1.807, 2.05) is 0 Å². The van der Waals surface area contributed by atoms with Crippen LogP contribution in [0.2, 0.25) is 0 Å². The molecule has 8 heteroatoms. The lowest BCUT2D eigenvalue weighted by molar-refractivity contribution is 0.592. The highest BCUT2D eigenvalue weighted by Crippen LogP contribution is 2.35. The second-order valence-corrected chi connectivity index (χ2v) is 8.73. The molecular weight excluding hydrogens is 415 g/mol. The van der Waals surface area contributed by atoms with Crippen molar-refractivity contribution < 1.29 is 12.8 Å². The Kier molecular flexibility index (Phi) is 4.56. The molecule has 31 heavy (non-hydrogen) atoms. The minimum Gasteiger partial charge on any atom is -0.261 e. The number of nitrogens with zero attached hydrogens (tertiary/aromatic N) is 4. The van der Waals surface area contributed by atoms with Gasteiger partial charge in [0.15, 0.2) is 5.03 Å². The summed E-state index contributed by atoms with van der Waals surface area (Å²) >= 11 is 0. The van der Waals surface area contributed by atoms with Gasteiger partial charge in [-0.25, -0.2) is 22.3 Å². The molecule has 0 aliphatic heterocycles. The standard InChI is InChI=1S/C23H15FN4O2S/c24-18-9-6-16(7-10-18)23-22(20-15-25-12-13-28(20)27-23)17-8-11-21(26-14-17)31(29,30)19-4-2-1-3-5-19/h1-15H. The lowest BCUT2D eigenvalue weighted by Crippen LogP contribution is -2.04. The first-order chi connectivity index (χ1) is 15.0. The summed E-state index contributed by atoms with van der Waals surface area (Å²) in [7, 11) is -3.72. The summed E-state index contributed by atoms with van der Waals surface area (Å²) in [6.07, 6.45) is 6.51. The summed E-state index contributed by atoms with van der Waals surface area (Å²) in [4.78, 5) is 8.60. The van der Waals surface area contributed by atoms with Gasteiger partial charge in [0.05, 0.1) is 16.6 Å². The van der Waals surface area contributed by atoms with E-state index in [0.717, 1.165) is 16.6 Å². The van der Waals surface area contributed by atoms with Crippen LogP contribution >= 0.6 is 0 Å². The van der Waals surface area contributed by atoms with E-state index in [0.29, 0.717) is 11.3 Å². The van der Waals surface area contributed by atoms with Crippen molar-refractivity contribution in [1.29, 1.82) is 0 Å². The van der Waals surface area contributed by atoms with Crippen LogP contribution in [-0.4, -0.2) is 28.0 Å². The summed E-state index contributed by atoms with van der Waals surface area (Å²) in [5.74, 6) is -0.340. The van der Waals surface area contributed by atoms with Crippen LogP contribution in [0.1, 0.15) is 0 Å². The molecule has 0 unspecified atom stereocenters. The molecule has 3 aromatic heterocycles. The molecule has 0 saturated heterocycles. The third-order valence-electron chi connectivity index (χ3n) is 4.91. The number of pyridine rings is 1. The number of sulfone groups is 1. The lowest BCUT2D eigenvalue weighted by atomic mass is 10.0. The van der Waals surface area contributed by atoms with Gasteiger partial charge in [-0.1, -0.05) is 18.2 Å². The fourth-order valence-corrected chi connectivity index (χ4v) is 4.60. The molecule has 6 nitrogen and oxygen atoms in total. The Labute approximate surface area is 177 Å². The highest BCUT2D eigenvalue weighted by atomic mass is 32.2. The van der Waals surface area contributed by atoms with Crippen molar-refractivity contribution in [2.24, 2.45) is 0 Å². The van der Waals surface area contributed by atoms with Crippen LogP contribution in [0.5, 0.6) is 0 Å². The van der Waals surface area contributed by atoms with E-state index in [9.17, 15) is 12.8 Å². The molecule has 5 rings (SSSR count). The summed E-state index contributed by atoms with van der Waals surface area (Å²) in [5, 5.41) is 4.57. The monoisotopic (exact) mass is 430 g/mol. The van der Waals surface area contributed by atoms with Gasteiger partial charge in [0, 0.05) is 35.3 Å². The average molecular weight is 430 g/mol. The van der Waals surface area contributed by atoms with Crippen molar-refractivity contribution in [3.63, 3.8) is 0 Å². The van der Waals surface area contributed by atoms with Crippen LogP contribution in [0.15, 0.2) is 101 Å². The van der Waals surface area contributed by atoms with E-state index in [-0.39, 0.29) is 15.7 Å². The van der Waals surface area contributed by atoms with Crippen molar-refractivity contribution >= 4 is 15.4 Å². The molecule has 2 aromatic carbocycles. The van der Waals surface area contributed by atoms with Gasteiger partial charge < -0.3 is 0 Å². The predicted octanol–water partition coefficient (Wildman–Crippen LogP) is 4.43. The number of aromatic nitrogens is 4. The predicted molar refractivity (Wildman–Crippen MR) is 114 cm³/mol. The Morgan fingerprint density at radius 2 is 1.58 bits per heavy atom. The maximum Gasteiger partial charge on any atom is 0.223 e. The van der Waals surface area contributed by atoms with E-state index < -0.39 is 9.84 Å². The molecule has 0 atom stereocenters. The zero-order chi connectivity index (χ0) is 21.4. The first kappa shape index (κ1) is 19.1. The van der Waals surface area contributed by atoms with Crippen LogP contribution in [0.4, 0.5) is 4.39 Å². The number of hydrogen-bond acceptors (Lipinski definition) is 5. The maximum atomic E-state index is 13.4. The molecule has 0 amide bonds. The largest absolute Gasteiger partial charge is 0.261 e. The van der Waals surface area contributed by atoms with Crippen LogP contribution < -0.4 is 0 Å². The third kappa shape index (κ3) is 3.36. The fraction of sp³-hybridized carbons (Fsp3) is 0. The van der Waals surface area contributed by atoms with E-state index >= 15 is 0 Å². The van der Waals surface area contributed by atoms with Gasteiger partial charge in [0.1, 0.15) is 11.5 Å². The molecule has 0 aliphatic carbocycles. The van der Waals surface area contributed by atoms with Crippen molar-refractivity contribution in [3.8, 4) is 22.4 Å². The normalized spacial score (nSPS) is 11.6. The first-order valence-electron chi connectivity index (χ1n) is 9.39. The lowest BCUT2D eigenvalue weighted by Gasteiger charge is -2.07. The molecule has 3 heterocycles. The van der Waals surface area contributed by atoms with E-state index in [2.05, 4.69) is 15.1 Å². The number of fused-ring (bicyclic) bond motifs is 1. The third-order valence-corrected chi connectivity index (χ3v) is 6.59. The van der Waals surface area contributed by atoms with Crippen molar-refractivity contribution in [2.45, 2.75) is 9.92 Å². The van der Waals surface area contributed by atoms with Crippen molar-refractivity contribution in [3.05, 3.63) is 97.3 Å². The first-order valence-corrected chi connectivity index (χ1v) is 10.9. The highest BCUT2D eigenvalue weighted by Gasteiger charge is 2.21. The highest BCUT2D eigenvalue weighted by molar-refractivity contribution is 7.91. The molecule has 0 aliphatic rings. The molecule has 0 radical (unpaired) electrons. The van der Waals surface area contributed by atoms with Gasteiger partial charge >= 0.3 is 0 Å². The smallest absolute Gasteiger partial charge is 0.223 e. The fourth-order valence-electron chi connectivity index (χ4n) is 3.40. The van der Waals surface area contributed by atoms with Crippen LogP contribution in [0.25, 0.3) is 27.9 Å². The summed E-state index contributed by atoms with van der Waals surface area (Å²) < 4.78 is 40.8. The molecule has 0 saturated carbocycles. The molecule has 0 spiro atoms. The van der Waals surface area contributed by atoms with E-state index in [1.165, 1.54) is 36.5 Å².